The number of rotatable bonds is 4. The number of benzene rings is 2. The molecule has 0 aliphatic carbocycles. The van der Waals surface area contributed by atoms with E-state index in [-0.39, 0.29) is 12.0 Å². The highest BCUT2D eigenvalue weighted by Crippen LogP contribution is 2.29. The number of aryl methyl sites for hydroxylation is 1. The van der Waals surface area contributed by atoms with Gasteiger partial charge in [0.1, 0.15) is 6.10 Å². The third-order valence-corrected chi connectivity index (χ3v) is 6.56. The second kappa shape index (κ2) is 8.64. The minimum atomic E-state index is -0.212. The van der Waals surface area contributed by atoms with Gasteiger partial charge in [0.2, 0.25) is 0 Å². The van der Waals surface area contributed by atoms with Crippen molar-refractivity contribution in [2.24, 2.45) is 0 Å². The predicted molar refractivity (Wildman–Crippen MR) is 124 cm³/mol. The van der Waals surface area contributed by atoms with Crippen molar-refractivity contribution in [3.8, 4) is 11.1 Å². The van der Waals surface area contributed by atoms with Gasteiger partial charge in [0.05, 0.1) is 5.52 Å². The second-order valence-electron chi connectivity index (χ2n) is 8.59. The lowest BCUT2D eigenvalue weighted by molar-refractivity contribution is -0.140. The molecule has 1 atom stereocenters. The molecular weight excluding hydrogens is 384 g/mol. The number of hydrogen-bond donors (Lipinski definition) is 0. The molecule has 158 valence electrons. The number of nitrogens with zero attached hydrogens (tertiary/aromatic N) is 2. The number of para-hydroxylation sites is 1. The Kier molecular flexibility index (Phi) is 5.56. The molecule has 1 saturated heterocycles. The Hall–Kier alpha value is -2.98. The molecule has 0 saturated carbocycles. The molecule has 0 bridgehead atoms. The number of fused-ring (bicyclic) bond motifs is 1. The first-order valence-corrected chi connectivity index (χ1v) is 11.2. The highest BCUT2D eigenvalue weighted by atomic mass is 16.5. The Balaban J connectivity index is 1.26. The maximum Gasteiger partial charge on any atom is 0.251 e. The Morgan fingerprint density at radius 3 is 2.74 bits per heavy atom. The van der Waals surface area contributed by atoms with Crippen LogP contribution >= 0.6 is 0 Å². The normalized spacial score (nSPS) is 18.9. The van der Waals surface area contributed by atoms with Crippen molar-refractivity contribution in [1.82, 2.24) is 9.88 Å². The van der Waals surface area contributed by atoms with E-state index in [1.54, 1.807) is 0 Å². The Morgan fingerprint density at radius 1 is 1.16 bits per heavy atom. The molecule has 4 nitrogen and oxygen atoms in total. The highest BCUT2D eigenvalue weighted by molar-refractivity contribution is 5.88. The van der Waals surface area contributed by atoms with E-state index < -0.39 is 0 Å². The smallest absolute Gasteiger partial charge is 0.251 e. The van der Waals surface area contributed by atoms with Crippen molar-refractivity contribution in [1.29, 1.82) is 0 Å². The van der Waals surface area contributed by atoms with Gasteiger partial charge in [-0.05, 0) is 55.4 Å². The summed E-state index contributed by atoms with van der Waals surface area (Å²) in [6.45, 7) is 4.39. The Labute approximate surface area is 183 Å². The monoisotopic (exact) mass is 412 g/mol. The van der Waals surface area contributed by atoms with Gasteiger partial charge in [0, 0.05) is 36.8 Å². The van der Waals surface area contributed by atoms with Crippen LogP contribution in [-0.4, -0.2) is 41.6 Å². The van der Waals surface area contributed by atoms with Crippen molar-refractivity contribution in [3.63, 3.8) is 0 Å². The van der Waals surface area contributed by atoms with Crippen LogP contribution in [0.25, 0.3) is 22.0 Å². The van der Waals surface area contributed by atoms with Crippen LogP contribution in [0.4, 0.5) is 0 Å². The molecule has 0 radical (unpaired) electrons. The summed E-state index contributed by atoms with van der Waals surface area (Å²) in [5, 5.41) is 1.21. The van der Waals surface area contributed by atoms with Gasteiger partial charge < -0.3 is 9.64 Å². The molecular formula is C27H28N2O2. The molecule has 31 heavy (non-hydrogen) atoms. The lowest BCUT2D eigenvalue weighted by Gasteiger charge is -2.28. The topological polar surface area (TPSA) is 42.4 Å². The Morgan fingerprint density at radius 2 is 2.00 bits per heavy atom. The average molecular weight is 413 g/mol. The van der Waals surface area contributed by atoms with E-state index in [9.17, 15) is 4.79 Å². The van der Waals surface area contributed by atoms with Gasteiger partial charge in [-0.25, -0.2) is 0 Å². The van der Waals surface area contributed by atoms with Crippen molar-refractivity contribution >= 4 is 16.8 Å². The molecule has 0 spiro atoms. The van der Waals surface area contributed by atoms with Crippen molar-refractivity contribution in [2.45, 2.75) is 38.7 Å². The van der Waals surface area contributed by atoms with E-state index in [0.717, 1.165) is 44.4 Å². The van der Waals surface area contributed by atoms with Crippen LogP contribution in [0.5, 0.6) is 0 Å². The summed E-state index contributed by atoms with van der Waals surface area (Å²) < 4.78 is 5.55. The highest BCUT2D eigenvalue weighted by Gasteiger charge is 2.28. The van der Waals surface area contributed by atoms with E-state index >= 15 is 0 Å². The predicted octanol–water partition coefficient (Wildman–Crippen LogP) is 5.09. The second-order valence-corrected chi connectivity index (χ2v) is 8.59. The number of carbonyl (C=O) groups excluding carboxylic acids is 1. The first kappa shape index (κ1) is 20.0. The minimum absolute atomic E-state index is 0.163. The molecule has 4 heteroatoms. The first-order chi connectivity index (χ1) is 15.2. The number of hydrogen-bond acceptors (Lipinski definition) is 3. The molecule has 3 heterocycles. The van der Waals surface area contributed by atoms with Crippen LogP contribution < -0.4 is 0 Å². The fourth-order valence-electron chi connectivity index (χ4n) is 4.68. The minimum Gasteiger partial charge on any atom is -0.368 e. The lowest BCUT2D eigenvalue weighted by atomic mass is 9.95. The summed E-state index contributed by atoms with van der Waals surface area (Å²) >= 11 is 0. The maximum atomic E-state index is 12.5. The largest absolute Gasteiger partial charge is 0.368 e. The summed E-state index contributed by atoms with van der Waals surface area (Å²) in [5.41, 5.74) is 7.41. The average Bonchev–Trinajstić information content (AvgIpc) is 3.35. The molecule has 2 aliphatic rings. The summed E-state index contributed by atoms with van der Waals surface area (Å²) in [6.07, 6.45) is 7.74. The van der Waals surface area contributed by atoms with Crippen LogP contribution in [0.2, 0.25) is 0 Å². The van der Waals surface area contributed by atoms with Crippen LogP contribution in [0, 0.1) is 6.92 Å². The molecule has 1 amide bonds. The molecule has 2 aliphatic heterocycles. The summed E-state index contributed by atoms with van der Waals surface area (Å²) in [7, 11) is 0. The summed E-state index contributed by atoms with van der Waals surface area (Å²) in [5.74, 6) is 0.163. The number of pyridine rings is 1. The fourth-order valence-corrected chi connectivity index (χ4v) is 4.68. The van der Waals surface area contributed by atoms with E-state index in [1.807, 2.05) is 17.2 Å². The van der Waals surface area contributed by atoms with E-state index in [2.05, 4.69) is 60.4 Å². The fraction of sp³-hybridized carbons (Fsp3) is 0.333. The van der Waals surface area contributed by atoms with Crippen molar-refractivity contribution < 1.29 is 9.53 Å². The van der Waals surface area contributed by atoms with Crippen molar-refractivity contribution in [2.75, 3.05) is 19.7 Å². The SMILES string of the molecule is Cc1c(-c2ccc(CC3=CCN(C(=O)C4CCCO4)CC3)cc2)cnc2ccccc12. The molecule has 1 aromatic heterocycles. The Bertz CT molecular complexity index is 1130. The summed E-state index contributed by atoms with van der Waals surface area (Å²) in [6, 6.07) is 17.1. The molecule has 2 aromatic carbocycles. The number of carbonyl (C=O) groups is 1. The van der Waals surface area contributed by atoms with Gasteiger partial charge in [-0.1, -0.05) is 54.1 Å². The van der Waals surface area contributed by atoms with Crippen LogP contribution in [-0.2, 0) is 16.0 Å². The third-order valence-electron chi connectivity index (χ3n) is 6.56. The molecule has 0 N–H and O–H groups in total. The zero-order valence-electron chi connectivity index (χ0n) is 18.0. The van der Waals surface area contributed by atoms with Gasteiger partial charge in [0.15, 0.2) is 0 Å². The van der Waals surface area contributed by atoms with Gasteiger partial charge in [-0.15, -0.1) is 0 Å². The van der Waals surface area contributed by atoms with Crippen LogP contribution in [0.1, 0.15) is 30.4 Å². The quantitative estimate of drug-likeness (QED) is 0.561. The first-order valence-electron chi connectivity index (χ1n) is 11.2. The number of amides is 1. The molecule has 1 fully saturated rings. The number of aromatic nitrogens is 1. The van der Waals surface area contributed by atoms with Gasteiger partial charge in [0.25, 0.3) is 5.91 Å². The van der Waals surface area contributed by atoms with Crippen LogP contribution in [0.15, 0.2) is 66.4 Å². The zero-order valence-corrected chi connectivity index (χ0v) is 18.0. The van der Waals surface area contributed by atoms with Gasteiger partial charge in [-0.3, -0.25) is 9.78 Å². The molecule has 1 unspecified atom stereocenters. The van der Waals surface area contributed by atoms with E-state index in [4.69, 9.17) is 4.74 Å². The van der Waals surface area contributed by atoms with Crippen LogP contribution in [0.3, 0.4) is 0 Å². The lowest BCUT2D eigenvalue weighted by Crippen LogP contribution is -2.41. The van der Waals surface area contributed by atoms with E-state index in [1.165, 1.54) is 33.2 Å². The zero-order chi connectivity index (χ0) is 21.2. The summed E-state index contributed by atoms with van der Waals surface area (Å²) in [4.78, 5) is 19.1. The number of ether oxygens (including phenoxy) is 1. The van der Waals surface area contributed by atoms with Crippen molar-refractivity contribution in [3.05, 3.63) is 77.5 Å². The third kappa shape index (κ3) is 4.13. The van der Waals surface area contributed by atoms with Gasteiger partial charge in [-0.2, -0.15) is 0 Å². The standard InChI is InChI=1S/C27H28N2O2/c1-19-23-5-2-3-6-25(23)28-18-24(19)22-10-8-20(9-11-22)17-21-12-14-29(15-13-21)27(30)26-7-4-16-31-26/h2-3,5-6,8-12,18,26H,4,7,13-17H2,1H3. The van der Waals surface area contributed by atoms with Gasteiger partial charge >= 0.3 is 0 Å². The molecule has 5 rings (SSSR count). The molecule has 3 aromatic rings. The van der Waals surface area contributed by atoms with E-state index in [0.29, 0.717) is 6.54 Å². The maximum absolute atomic E-state index is 12.5.